The van der Waals surface area contributed by atoms with Crippen molar-refractivity contribution < 1.29 is 13.2 Å². The molecule has 0 saturated heterocycles. The largest absolute Gasteiger partial charge is 0.335 e. The van der Waals surface area contributed by atoms with Crippen LogP contribution >= 0.6 is 0 Å². The van der Waals surface area contributed by atoms with E-state index in [9.17, 15) is 13.2 Å². The molecule has 3 rings (SSSR count). The van der Waals surface area contributed by atoms with Gasteiger partial charge in [-0.15, -0.1) is 0 Å². The van der Waals surface area contributed by atoms with Gasteiger partial charge in [-0.2, -0.15) is 0 Å². The summed E-state index contributed by atoms with van der Waals surface area (Å²) in [5.41, 5.74) is 4.88. The summed E-state index contributed by atoms with van der Waals surface area (Å²) in [5, 5.41) is 0. The lowest BCUT2D eigenvalue weighted by molar-refractivity contribution is -0.131. The Morgan fingerprint density at radius 1 is 1.07 bits per heavy atom. The summed E-state index contributed by atoms with van der Waals surface area (Å²) in [6.07, 6.45) is 2.21. The fourth-order valence-corrected chi connectivity index (χ4v) is 5.59. The molecule has 0 bridgehead atoms. The second-order valence-electron chi connectivity index (χ2n) is 8.49. The second kappa shape index (κ2) is 8.70. The number of nitrogens with zero attached hydrogens (tertiary/aromatic N) is 1. The molecule has 1 fully saturated rings. The first-order chi connectivity index (χ1) is 13.7. The van der Waals surface area contributed by atoms with Crippen LogP contribution in [0.5, 0.6) is 0 Å². The van der Waals surface area contributed by atoms with Gasteiger partial charge in [0.2, 0.25) is 5.91 Å². The number of rotatable bonds is 8. The van der Waals surface area contributed by atoms with Crippen molar-refractivity contribution in [1.82, 2.24) is 4.90 Å². The molecule has 0 heterocycles. The number of amides is 1. The van der Waals surface area contributed by atoms with Crippen LogP contribution in [0.25, 0.3) is 0 Å². The number of benzene rings is 2. The summed E-state index contributed by atoms with van der Waals surface area (Å²) in [4.78, 5) is 14.9. The van der Waals surface area contributed by atoms with Gasteiger partial charge in [0.1, 0.15) is 5.75 Å². The highest BCUT2D eigenvalue weighted by Gasteiger charge is 2.35. The Hall–Kier alpha value is -2.14. The van der Waals surface area contributed by atoms with Crippen LogP contribution in [0, 0.1) is 26.7 Å². The molecule has 0 spiro atoms. The molecule has 1 unspecified atom stereocenters. The average Bonchev–Trinajstić information content (AvgIpc) is 3.48. The Morgan fingerprint density at radius 2 is 1.66 bits per heavy atom. The molecular formula is C24H31NO3S. The third-order valence-corrected chi connectivity index (χ3v) is 7.28. The zero-order chi connectivity index (χ0) is 21.2. The van der Waals surface area contributed by atoms with E-state index >= 15 is 0 Å². The van der Waals surface area contributed by atoms with E-state index in [2.05, 4.69) is 0 Å². The molecule has 0 N–H and O–H groups in total. The van der Waals surface area contributed by atoms with Crippen molar-refractivity contribution in [2.75, 3.05) is 5.75 Å². The molecule has 0 aliphatic heterocycles. The van der Waals surface area contributed by atoms with E-state index in [1.165, 1.54) is 0 Å². The SMILES string of the molecule is Cc1cc(C)c(CS(=O)(=O)CC(=O)N(Cc2ccccc2)C(C)C2CC2)c(C)c1. The second-order valence-corrected chi connectivity index (χ2v) is 10.6. The van der Waals surface area contributed by atoms with Crippen LogP contribution in [-0.2, 0) is 26.9 Å². The van der Waals surface area contributed by atoms with Crippen LogP contribution in [0.15, 0.2) is 42.5 Å². The van der Waals surface area contributed by atoms with E-state index in [1.54, 1.807) is 4.90 Å². The zero-order valence-corrected chi connectivity index (χ0v) is 18.6. The minimum atomic E-state index is -3.56. The summed E-state index contributed by atoms with van der Waals surface area (Å²) >= 11 is 0. The molecule has 1 saturated carbocycles. The van der Waals surface area contributed by atoms with Crippen molar-refractivity contribution in [2.24, 2.45) is 5.92 Å². The number of carbonyl (C=O) groups excluding carboxylic acids is 1. The fourth-order valence-electron chi connectivity index (χ4n) is 4.05. The van der Waals surface area contributed by atoms with Crippen LogP contribution in [0.2, 0.25) is 0 Å². The zero-order valence-electron chi connectivity index (χ0n) is 17.8. The van der Waals surface area contributed by atoms with Crippen LogP contribution in [0.1, 0.15) is 47.6 Å². The maximum Gasteiger partial charge on any atom is 0.238 e. The Kier molecular flexibility index (Phi) is 6.47. The summed E-state index contributed by atoms with van der Waals surface area (Å²) in [6.45, 7) is 8.37. The van der Waals surface area contributed by atoms with Crippen molar-refractivity contribution in [3.05, 3.63) is 70.3 Å². The lowest BCUT2D eigenvalue weighted by atomic mass is 10.0. The van der Waals surface area contributed by atoms with E-state index in [0.717, 1.165) is 40.7 Å². The highest BCUT2D eigenvalue weighted by Crippen LogP contribution is 2.36. The topological polar surface area (TPSA) is 54.5 Å². The predicted molar refractivity (Wildman–Crippen MR) is 117 cm³/mol. The number of aryl methyl sites for hydroxylation is 3. The molecule has 29 heavy (non-hydrogen) atoms. The van der Waals surface area contributed by atoms with Crippen molar-refractivity contribution in [2.45, 2.75) is 58.9 Å². The molecule has 1 atom stereocenters. The standard InChI is InChI=1S/C24H31NO3S/c1-17-12-18(2)23(19(3)13-17)15-29(27,28)16-24(26)25(20(4)22-10-11-22)14-21-8-6-5-7-9-21/h5-9,12-13,20,22H,10-11,14-16H2,1-4H3. The molecule has 2 aromatic carbocycles. The Balaban J connectivity index is 1.77. The van der Waals surface area contributed by atoms with E-state index in [4.69, 9.17) is 0 Å². The van der Waals surface area contributed by atoms with Crippen LogP contribution in [0.4, 0.5) is 0 Å². The summed E-state index contributed by atoms with van der Waals surface area (Å²) < 4.78 is 25.8. The number of hydrogen-bond acceptors (Lipinski definition) is 3. The maximum atomic E-state index is 13.1. The number of sulfone groups is 1. The van der Waals surface area contributed by atoms with Crippen LogP contribution in [-0.4, -0.2) is 31.0 Å². The van der Waals surface area contributed by atoms with Crippen molar-refractivity contribution >= 4 is 15.7 Å². The molecule has 156 valence electrons. The van der Waals surface area contributed by atoms with Gasteiger partial charge in [-0.05, 0) is 68.7 Å². The first-order valence-electron chi connectivity index (χ1n) is 10.3. The molecular weight excluding hydrogens is 382 g/mol. The maximum absolute atomic E-state index is 13.1. The highest BCUT2D eigenvalue weighted by atomic mass is 32.2. The van der Waals surface area contributed by atoms with Gasteiger partial charge in [0.15, 0.2) is 9.84 Å². The summed E-state index contributed by atoms with van der Waals surface area (Å²) in [6, 6.07) is 13.8. The molecule has 4 nitrogen and oxygen atoms in total. The molecule has 1 aliphatic rings. The van der Waals surface area contributed by atoms with Gasteiger partial charge in [0.25, 0.3) is 0 Å². The van der Waals surface area contributed by atoms with Gasteiger partial charge < -0.3 is 4.90 Å². The highest BCUT2D eigenvalue weighted by molar-refractivity contribution is 7.91. The average molecular weight is 414 g/mol. The first kappa shape index (κ1) is 21.6. The predicted octanol–water partition coefficient (Wildman–Crippen LogP) is 4.35. The van der Waals surface area contributed by atoms with E-state index in [0.29, 0.717) is 12.5 Å². The van der Waals surface area contributed by atoms with Gasteiger partial charge >= 0.3 is 0 Å². The summed E-state index contributed by atoms with van der Waals surface area (Å²) in [5.74, 6) is -0.347. The third-order valence-electron chi connectivity index (χ3n) is 5.86. The number of hydrogen-bond donors (Lipinski definition) is 0. The summed E-state index contributed by atoms with van der Waals surface area (Å²) in [7, 11) is -3.56. The van der Waals surface area contributed by atoms with Gasteiger partial charge in [0.05, 0.1) is 5.75 Å². The molecule has 5 heteroatoms. The van der Waals surface area contributed by atoms with Crippen molar-refractivity contribution in [3.8, 4) is 0 Å². The monoisotopic (exact) mass is 413 g/mol. The number of carbonyl (C=O) groups is 1. The molecule has 0 aromatic heterocycles. The van der Waals surface area contributed by atoms with Crippen LogP contribution < -0.4 is 0 Å². The molecule has 1 amide bonds. The van der Waals surface area contributed by atoms with Crippen molar-refractivity contribution in [1.29, 1.82) is 0 Å². The van der Waals surface area contributed by atoms with Gasteiger partial charge in [-0.3, -0.25) is 4.79 Å². The van der Waals surface area contributed by atoms with E-state index in [1.807, 2.05) is 70.2 Å². The van der Waals surface area contributed by atoms with E-state index in [-0.39, 0.29) is 17.7 Å². The molecule has 1 aliphatic carbocycles. The van der Waals surface area contributed by atoms with E-state index < -0.39 is 15.6 Å². The Labute approximate surface area is 174 Å². The van der Waals surface area contributed by atoms with Gasteiger partial charge in [-0.1, -0.05) is 48.0 Å². The van der Waals surface area contributed by atoms with Gasteiger partial charge in [-0.25, -0.2) is 8.42 Å². The lowest BCUT2D eigenvalue weighted by Gasteiger charge is -2.29. The lowest BCUT2D eigenvalue weighted by Crippen LogP contribution is -2.42. The Morgan fingerprint density at radius 3 is 2.21 bits per heavy atom. The smallest absolute Gasteiger partial charge is 0.238 e. The normalized spacial score (nSPS) is 15.2. The van der Waals surface area contributed by atoms with Gasteiger partial charge in [0, 0.05) is 12.6 Å². The van der Waals surface area contributed by atoms with Crippen molar-refractivity contribution in [3.63, 3.8) is 0 Å². The molecule has 2 aromatic rings. The third kappa shape index (κ3) is 5.69. The quantitative estimate of drug-likeness (QED) is 0.646. The van der Waals surface area contributed by atoms with Crippen LogP contribution in [0.3, 0.4) is 0 Å². The minimum Gasteiger partial charge on any atom is -0.335 e. The molecule has 0 radical (unpaired) electrons. The minimum absolute atomic E-state index is 0.0563. The first-order valence-corrected chi connectivity index (χ1v) is 12.1. The Bertz CT molecular complexity index is 955. The fraction of sp³-hybridized carbons (Fsp3) is 0.458.